The molecule has 0 heterocycles. The largest absolute Gasteiger partial charge is 0.587 e. The van der Waals surface area contributed by atoms with Crippen LogP contribution < -0.4 is 18.1 Å². The van der Waals surface area contributed by atoms with Gasteiger partial charge in [0.05, 0.1) is 13.2 Å². The van der Waals surface area contributed by atoms with Crippen LogP contribution in [0.2, 0.25) is 0 Å². The first kappa shape index (κ1) is 36.9. The Balaban J connectivity index is 0.000000250. The Morgan fingerprint density at radius 1 is 0.391 bits per heavy atom. The topological polar surface area (TPSA) is 89.5 Å². The van der Waals surface area contributed by atoms with Crippen LogP contribution >= 0.6 is 15.6 Å². The van der Waals surface area contributed by atoms with Gasteiger partial charge in [-0.2, -0.15) is 0 Å². The van der Waals surface area contributed by atoms with Gasteiger partial charge in [-0.25, -0.2) is 9.13 Å². The van der Waals surface area contributed by atoms with Crippen LogP contribution in [0.1, 0.15) is 65.2 Å². The first-order valence-corrected chi connectivity index (χ1v) is 18.8. The summed E-state index contributed by atoms with van der Waals surface area (Å²) >= 11 is 0. The first-order chi connectivity index (χ1) is 22.4. The number of phosphoric ester groups is 2. The smallest absolute Gasteiger partial charge is 0.395 e. The van der Waals surface area contributed by atoms with E-state index < -0.39 is 15.6 Å². The van der Waals surface area contributed by atoms with E-state index in [4.69, 9.17) is 27.1 Å². The molecule has 0 unspecified atom stereocenters. The summed E-state index contributed by atoms with van der Waals surface area (Å²) in [4.78, 5) is 0. The van der Waals surface area contributed by atoms with Gasteiger partial charge in [0, 0.05) is 0 Å². The van der Waals surface area contributed by atoms with E-state index in [2.05, 4.69) is 13.8 Å². The minimum absolute atomic E-state index is 0.344. The van der Waals surface area contributed by atoms with Gasteiger partial charge in [-0.1, -0.05) is 125 Å². The fraction of sp³-hybridized carbons (Fsp3) is 0.333. The van der Waals surface area contributed by atoms with Crippen molar-refractivity contribution in [1.82, 2.24) is 0 Å². The van der Waals surface area contributed by atoms with Crippen LogP contribution in [0.15, 0.2) is 121 Å². The van der Waals surface area contributed by atoms with Crippen LogP contribution in [0.4, 0.5) is 0 Å². The lowest BCUT2D eigenvalue weighted by molar-refractivity contribution is 0.204. The summed E-state index contributed by atoms with van der Waals surface area (Å²) in [6.07, 6.45) is 8.26. The van der Waals surface area contributed by atoms with Crippen molar-refractivity contribution in [3.8, 4) is 23.0 Å². The van der Waals surface area contributed by atoms with Gasteiger partial charge in [-0.3, -0.25) is 9.05 Å². The van der Waals surface area contributed by atoms with Crippen molar-refractivity contribution in [2.45, 2.75) is 65.2 Å². The lowest BCUT2D eigenvalue weighted by Gasteiger charge is -2.19. The van der Waals surface area contributed by atoms with E-state index in [1.165, 1.54) is 0 Å². The third kappa shape index (κ3) is 15.2. The summed E-state index contributed by atoms with van der Waals surface area (Å²) in [5.74, 6) is 1.83. The van der Waals surface area contributed by atoms with Crippen LogP contribution in [0, 0.1) is 0 Å². The van der Waals surface area contributed by atoms with Crippen molar-refractivity contribution in [2.24, 2.45) is 0 Å². The molecule has 0 radical (unpaired) electrons. The second-order valence-corrected chi connectivity index (χ2v) is 13.3. The molecular formula is C36H46O8P2. The van der Waals surface area contributed by atoms with Crippen LogP contribution in [0.5, 0.6) is 23.0 Å². The standard InChI is InChI=1S/2C18H23O4P/c2*1-2-3-4-11-16-20-23(19,21-17-12-7-5-8-13-17)22-18-14-9-6-10-15-18/h2*5-10,12-15H,2-4,11,16H2,1H3. The second kappa shape index (κ2) is 21.3. The number of unbranched alkanes of at least 4 members (excludes halogenated alkanes) is 6. The van der Waals surface area contributed by atoms with Gasteiger partial charge in [0.1, 0.15) is 23.0 Å². The molecule has 4 aromatic carbocycles. The second-order valence-electron chi connectivity index (χ2n) is 10.3. The monoisotopic (exact) mass is 668 g/mol. The maximum absolute atomic E-state index is 12.9. The van der Waals surface area contributed by atoms with E-state index in [1.807, 2.05) is 72.8 Å². The number of rotatable bonds is 20. The van der Waals surface area contributed by atoms with Crippen LogP contribution in [0.25, 0.3) is 0 Å². The third-order valence-electron chi connectivity index (χ3n) is 6.34. The molecule has 4 rings (SSSR count). The Bertz CT molecular complexity index is 1220. The van der Waals surface area contributed by atoms with Gasteiger partial charge in [-0.05, 0) is 61.4 Å². The summed E-state index contributed by atoms with van der Waals surface area (Å²) in [5, 5.41) is 0. The molecule has 248 valence electrons. The maximum Gasteiger partial charge on any atom is 0.587 e. The summed E-state index contributed by atoms with van der Waals surface area (Å²) in [6, 6.07) is 35.7. The quantitative estimate of drug-likeness (QED) is 0.0679. The fourth-order valence-corrected chi connectivity index (χ4v) is 6.51. The highest BCUT2D eigenvalue weighted by atomic mass is 31.2. The van der Waals surface area contributed by atoms with Crippen molar-refractivity contribution in [2.75, 3.05) is 13.2 Å². The van der Waals surface area contributed by atoms with E-state index in [0.717, 1.165) is 51.4 Å². The molecular weight excluding hydrogens is 622 g/mol. The number of hydrogen-bond acceptors (Lipinski definition) is 8. The lowest BCUT2D eigenvalue weighted by Crippen LogP contribution is -2.06. The van der Waals surface area contributed by atoms with Gasteiger partial charge in [0.2, 0.25) is 0 Å². The molecule has 0 amide bonds. The Morgan fingerprint density at radius 2 is 0.652 bits per heavy atom. The highest BCUT2D eigenvalue weighted by molar-refractivity contribution is 7.49. The zero-order valence-corrected chi connectivity index (χ0v) is 28.6. The van der Waals surface area contributed by atoms with Crippen LogP contribution in [-0.2, 0) is 18.2 Å². The summed E-state index contributed by atoms with van der Waals surface area (Å²) in [6.45, 7) is 4.97. The molecule has 0 aliphatic carbocycles. The first-order valence-electron chi connectivity index (χ1n) is 15.9. The molecule has 0 aliphatic heterocycles. The van der Waals surface area contributed by atoms with Gasteiger partial charge < -0.3 is 18.1 Å². The summed E-state index contributed by atoms with van der Waals surface area (Å²) in [5.41, 5.74) is 0. The highest BCUT2D eigenvalue weighted by Gasteiger charge is 2.31. The molecule has 0 aliphatic rings. The molecule has 4 aromatic rings. The van der Waals surface area contributed by atoms with Crippen LogP contribution in [-0.4, -0.2) is 13.2 Å². The maximum atomic E-state index is 12.9. The van der Waals surface area contributed by atoms with Crippen molar-refractivity contribution in [3.63, 3.8) is 0 Å². The number of hydrogen-bond donors (Lipinski definition) is 0. The zero-order valence-electron chi connectivity index (χ0n) is 26.8. The lowest BCUT2D eigenvalue weighted by atomic mass is 10.2. The highest BCUT2D eigenvalue weighted by Crippen LogP contribution is 2.50. The Labute approximate surface area is 274 Å². The van der Waals surface area contributed by atoms with Gasteiger partial charge in [0.25, 0.3) is 0 Å². The molecule has 46 heavy (non-hydrogen) atoms. The predicted octanol–water partition coefficient (Wildman–Crippen LogP) is 11.7. The van der Waals surface area contributed by atoms with E-state index in [0.29, 0.717) is 36.2 Å². The van der Waals surface area contributed by atoms with Crippen molar-refractivity contribution >= 4 is 15.6 Å². The molecule has 0 aromatic heterocycles. The fourth-order valence-electron chi connectivity index (χ4n) is 3.99. The van der Waals surface area contributed by atoms with Crippen molar-refractivity contribution in [1.29, 1.82) is 0 Å². The molecule has 8 nitrogen and oxygen atoms in total. The third-order valence-corrected chi connectivity index (χ3v) is 9.07. The van der Waals surface area contributed by atoms with Gasteiger partial charge in [-0.15, -0.1) is 0 Å². The normalized spacial score (nSPS) is 11.2. The molecule has 10 heteroatoms. The number of benzene rings is 4. The summed E-state index contributed by atoms with van der Waals surface area (Å²) in [7, 11) is -7.42. The molecule has 0 fully saturated rings. The van der Waals surface area contributed by atoms with E-state index in [1.54, 1.807) is 48.5 Å². The number of para-hydroxylation sites is 4. The SMILES string of the molecule is CCCCCCOP(=O)(Oc1ccccc1)Oc1ccccc1.CCCCCCOP(=O)(Oc1ccccc1)Oc1ccccc1. The zero-order chi connectivity index (χ0) is 32.8. The Hall–Kier alpha value is -3.54. The molecule has 0 atom stereocenters. The van der Waals surface area contributed by atoms with Crippen molar-refractivity contribution < 1.29 is 36.3 Å². The van der Waals surface area contributed by atoms with E-state index >= 15 is 0 Å². The van der Waals surface area contributed by atoms with E-state index in [9.17, 15) is 9.13 Å². The van der Waals surface area contributed by atoms with Gasteiger partial charge in [0.15, 0.2) is 0 Å². The minimum atomic E-state index is -3.71. The molecule has 0 bridgehead atoms. The predicted molar refractivity (Wildman–Crippen MR) is 184 cm³/mol. The average molecular weight is 669 g/mol. The molecule has 0 saturated heterocycles. The Morgan fingerprint density at radius 3 is 0.891 bits per heavy atom. The van der Waals surface area contributed by atoms with Crippen molar-refractivity contribution in [3.05, 3.63) is 121 Å². The van der Waals surface area contributed by atoms with E-state index in [-0.39, 0.29) is 0 Å². The minimum Gasteiger partial charge on any atom is -0.395 e. The number of phosphoric acid groups is 2. The van der Waals surface area contributed by atoms with Gasteiger partial charge >= 0.3 is 15.6 Å². The Kier molecular flexibility index (Phi) is 17.1. The van der Waals surface area contributed by atoms with Crippen LogP contribution in [0.3, 0.4) is 0 Å². The molecule has 0 saturated carbocycles. The molecule has 0 N–H and O–H groups in total. The summed E-state index contributed by atoms with van der Waals surface area (Å²) < 4.78 is 58.9. The average Bonchev–Trinajstić information content (AvgIpc) is 3.06. The molecule has 0 spiro atoms.